The molecule has 0 aliphatic carbocycles. The van der Waals surface area contributed by atoms with E-state index in [4.69, 9.17) is 110 Å². The lowest BCUT2D eigenvalue weighted by Gasteiger charge is -2.35. The van der Waals surface area contributed by atoms with E-state index < -0.39 is 152 Å². The third-order valence-corrected chi connectivity index (χ3v) is 17.8. The highest BCUT2D eigenvalue weighted by Crippen LogP contribution is 2.53. The highest BCUT2D eigenvalue weighted by Gasteiger charge is 2.49. The molecule has 0 spiro atoms. The van der Waals surface area contributed by atoms with Crippen molar-refractivity contribution in [1.29, 1.82) is 0 Å². The minimum atomic E-state index is -4.64. The number of anilines is 3. The molecule has 0 saturated carbocycles. The lowest BCUT2D eigenvalue weighted by Crippen LogP contribution is -2.41. The number of nitrogen functional groups attached to an aromatic ring is 3. The van der Waals surface area contributed by atoms with E-state index in [0.29, 0.717) is 0 Å². The summed E-state index contributed by atoms with van der Waals surface area (Å²) < 4.78 is 60.2. The molecule has 434 valence electrons. The lowest BCUT2D eigenvalue weighted by atomic mass is 9.93. The highest BCUT2D eigenvalue weighted by atomic mass is 32.5. The number of rotatable bonds is 24. The molecule has 3 aliphatic heterocycles. The summed E-state index contributed by atoms with van der Waals surface area (Å²) in [5, 5.41) is 65.8. The van der Waals surface area contributed by atoms with E-state index in [1.807, 2.05) is 0 Å². The van der Waals surface area contributed by atoms with Gasteiger partial charge in [0.25, 0.3) is 0 Å². The van der Waals surface area contributed by atoms with Gasteiger partial charge in [0.15, 0.2) is 53.1 Å². The molecule has 6 aromatic heterocycles. The summed E-state index contributed by atoms with van der Waals surface area (Å²) in [5.74, 6) is 0.0764. The summed E-state index contributed by atoms with van der Waals surface area (Å²) >= 11 is 20.5. The Morgan fingerprint density at radius 3 is 0.987 bits per heavy atom. The van der Waals surface area contributed by atoms with Crippen LogP contribution in [0.1, 0.15) is 18.7 Å². The van der Waals surface area contributed by atoms with Crippen LogP contribution in [0.3, 0.4) is 0 Å². The standard InChI is InChI=1S/C35H49N15O21P4S4/c36-26-17-29(42-8-39-26)48(11-45-17)32-23(54)20(51)14(69-32)1-62-73(59,77)66-5-35(4-65-72(57,58)76,6-67-74(60,78)63-2-15-21(52)24(55)33(70-15)49-12-46-18-27(37)40-9-43-30(18)49)7-68-75(61,79)64-3-16-22(53)25(56)34(71-16)50-13-47-19-28(38)41-10-44-31(19)50/h8-16,20-25,32-34,51-56H,1-7H2,(H,59,77)(H,60,78)(H,61,79)(H2,36,39,42)(H2,37,40,43)(H2,38,41,44)(H2,57,58,76). The molecule has 44 heteroatoms. The molecular weight excluding hydrogens is 1220 g/mol. The van der Waals surface area contributed by atoms with E-state index in [9.17, 15) is 55.1 Å². The first kappa shape index (κ1) is 60.4. The number of hydrogen-bond donors (Lipinski definition) is 14. The quantitative estimate of drug-likeness (QED) is 0.0257. The topological polar surface area (TPSA) is 524 Å². The monoisotopic (exact) mass is 1270 g/mol. The maximum absolute atomic E-state index is 11.4. The first-order valence-corrected chi connectivity index (χ1v) is 33.0. The Bertz CT molecular complexity index is 3050. The van der Waals surface area contributed by atoms with Crippen molar-refractivity contribution in [3.8, 4) is 0 Å². The van der Waals surface area contributed by atoms with Crippen molar-refractivity contribution in [2.24, 2.45) is 5.41 Å². The van der Waals surface area contributed by atoms with Gasteiger partial charge in [-0.1, -0.05) is 0 Å². The van der Waals surface area contributed by atoms with Gasteiger partial charge in [-0.25, -0.2) is 44.9 Å². The van der Waals surface area contributed by atoms with Gasteiger partial charge in [0.2, 0.25) is 0 Å². The zero-order chi connectivity index (χ0) is 57.0. The number of fused-ring (bicyclic) bond motifs is 3. The Hall–Kier alpha value is -3.19. The Labute approximate surface area is 463 Å². The average molecular weight is 1270 g/mol. The van der Waals surface area contributed by atoms with Gasteiger partial charge in [0.1, 0.15) is 90.5 Å². The number of aliphatic hydroxyl groups is 6. The fourth-order valence-corrected chi connectivity index (χ4v) is 12.4. The molecule has 9 rings (SSSR count). The summed E-state index contributed by atoms with van der Waals surface area (Å²) in [6, 6.07) is 0. The lowest BCUT2D eigenvalue weighted by molar-refractivity contribution is -0.0574. The first-order chi connectivity index (χ1) is 37.2. The molecule has 0 radical (unpaired) electrons. The smallest absolute Gasteiger partial charge is 0.324 e. The molecule has 0 aromatic carbocycles. The summed E-state index contributed by atoms with van der Waals surface area (Å²) in [6.45, 7) is -24.6. The molecule has 3 fully saturated rings. The number of hydrogen-bond acceptors (Lipinski definition) is 32. The molecular formula is C35H49N15O21P4S4. The number of nitrogens with two attached hydrogens (primary N) is 3. The van der Waals surface area contributed by atoms with Gasteiger partial charge >= 0.3 is 26.9 Å². The normalized spacial score (nSPS) is 29.8. The van der Waals surface area contributed by atoms with Gasteiger partial charge in [-0.05, 0) is 47.2 Å². The summed E-state index contributed by atoms with van der Waals surface area (Å²) in [7, 11) is 0. The molecule has 15 atom stereocenters. The third kappa shape index (κ3) is 13.4. The van der Waals surface area contributed by atoms with Crippen LogP contribution in [0.25, 0.3) is 33.5 Å². The van der Waals surface area contributed by atoms with E-state index in [2.05, 4.69) is 44.9 Å². The molecule has 3 aliphatic rings. The van der Waals surface area contributed by atoms with Gasteiger partial charge in [-0.15, -0.1) is 0 Å². The minimum absolute atomic E-state index is 0.0255. The predicted molar refractivity (Wildman–Crippen MR) is 279 cm³/mol. The molecule has 17 N–H and O–H groups in total. The first-order valence-electron chi connectivity index (χ1n) is 22.6. The fourth-order valence-electron chi connectivity index (χ4n) is 8.20. The molecule has 3 saturated heterocycles. The second-order valence-electron chi connectivity index (χ2n) is 17.8. The molecule has 0 bridgehead atoms. The Morgan fingerprint density at radius 2 is 0.709 bits per heavy atom. The van der Waals surface area contributed by atoms with Crippen molar-refractivity contribution < 1.29 is 101 Å². The van der Waals surface area contributed by atoms with E-state index in [-0.39, 0.29) is 50.9 Å². The number of nitrogens with zero attached hydrogens (tertiary/aromatic N) is 12. The van der Waals surface area contributed by atoms with E-state index in [0.717, 1.165) is 19.0 Å². The predicted octanol–water partition coefficient (Wildman–Crippen LogP) is -3.93. The van der Waals surface area contributed by atoms with Gasteiger partial charge in [0.05, 0.1) is 70.6 Å². The number of aliphatic hydroxyl groups excluding tert-OH is 6. The van der Waals surface area contributed by atoms with Crippen molar-refractivity contribution in [1.82, 2.24) is 58.6 Å². The largest absolute Gasteiger partial charge is 0.387 e. The van der Waals surface area contributed by atoms with Crippen LogP contribution >= 0.6 is 26.9 Å². The van der Waals surface area contributed by atoms with E-state index in [1.54, 1.807) is 0 Å². The minimum Gasteiger partial charge on any atom is -0.387 e. The highest BCUT2D eigenvalue weighted by molar-refractivity contribution is 8.08. The molecule has 15 unspecified atom stereocenters. The SMILES string of the molecule is Nc1ncnc2c1ncn2C1OC(COP(O)(=S)OCC(COP(O)(O)=S)(COP(O)(=S)OCC2OC(n3cnc4c(N)ncnc43)C(O)C2O)COP(O)(=S)OCC2OC(n3cnc4c(N)ncnc43)C(O)C2O)C(O)C1O. The molecule has 36 nitrogen and oxygen atoms in total. The number of aromatic nitrogens is 12. The summed E-state index contributed by atoms with van der Waals surface area (Å²) in [4.78, 5) is 91.0. The summed E-state index contributed by atoms with van der Waals surface area (Å²) in [5.41, 5.74) is 16.5. The third-order valence-electron chi connectivity index (χ3n) is 12.3. The Kier molecular flexibility index (Phi) is 18.2. The zero-order valence-electron chi connectivity index (χ0n) is 39.9. The average Bonchev–Trinajstić information content (AvgIpc) is 4.40. The van der Waals surface area contributed by atoms with E-state index >= 15 is 0 Å². The Morgan fingerprint density at radius 1 is 0.430 bits per heavy atom. The Balaban J connectivity index is 0.901. The van der Waals surface area contributed by atoms with Crippen LogP contribution in [-0.4, -0.2) is 215 Å². The zero-order valence-corrected chi connectivity index (χ0v) is 46.7. The van der Waals surface area contributed by atoms with Crippen LogP contribution in [0.4, 0.5) is 17.5 Å². The van der Waals surface area contributed by atoms with Gasteiger partial charge < -0.3 is 118 Å². The maximum Gasteiger partial charge on any atom is 0.324 e. The van der Waals surface area contributed by atoms with Crippen LogP contribution in [0.5, 0.6) is 0 Å². The second-order valence-corrected chi connectivity index (χ2v) is 28.9. The van der Waals surface area contributed by atoms with Gasteiger partial charge in [0, 0.05) is 0 Å². The van der Waals surface area contributed by atoms with Crippen LogP contribution in [0, 0.1) is 5.41 Å². The van der Waals surface area contributed by atoms with Crippen molar-refractivity contribution in [2.75, 3.05) is 63.4 Å². The van der Waals surface area contributed by atoms with Gasteiger partial charge in [-0.2, -0.15) is 0 Å². The number of ether oxygens (including phenoxy) is 3. The van der Waals surface area contributed by atoms with Crippen molar-refractivity contribution in [3.63, 3.8) is 0 Å². The maximum atomic E-state index is 11.4. The van der Waals surface area contributed by atoms with Crippen molar-refractivity contribution >= 4 is 125 Å². The fraction of sp³-hybridized carbons (Fsp3) is 0.571. The molecule has 6 aromatic rings. The van der Waals surface area contributed by atoms with Crippen molar-refractivity contribution in [3.05, 3.63) is 38.0 Å². The second kappa shape index (κ2) is 23.8. The molecule has 9 heterocycles. The van der Waals surface area contributed by atoms with Crippen LogP contribution < -0.4 is 17.2 Å². The van der Waals surface area contributed by atoms with Crippen LogP contribution in [-0.2, 0) is 93.1 Å². The van der Waals surface area contributed by atoms with Crippen molar-refractivity contribution in [2.45, 2.75) is 73.6 Å². The van der Waals surface area contributed by atoms with Crippen LogP contribution in [0.15, 0.2) is 38.0 Å². The van der Waals surface area contributed by atoms with Crippen LogP contribution in [0.2, 0.25) is 0 Å². The molecule has 79 heavy (non-hydrogen) atoms. The van der Waals surface area contributed by atoms with E-state index in [1.165, 1.54) is 32.7 Å². The number of imidazole rings is 3. The molecule has 0 amide bonds. The van der Waals surface area contributed by atoms with Gasteiger partial charge in [-0.3, -0.25) is 13.7 Å². The summed E-state index contributed by atoms with van der Waals surface area (Å²) in [6.07, 6.45) is -10.8.